The van der Waals surface area contributed by atoms with Crippen LogP contribution < -0.4 is 5.32 Å². The number of aryl methyl sites for hydroxylation is 3. The maximum atomic E-state index is 4.58. The third kappa shape index (κ3) is 4.42. The lowest BCUT2D eigenvalue weighted by atomic mass is 10.1. The molecule has 20 heavy (non-hydrogen) atoms. The maximum absolute atomic E-state index is 4.58. The summed E-state index contributed by atoms with van der Waals surface area (Å²) in [6, 6.07) is 0.484. The van der Waals surface area contributed by atoms with Crippen LogP contribution in [0.15, 0.2) is 17.8 Å². The molecule has 1 N–H and O–H groups in total. The number of nitrogens with zero attached hydrogens (tertiary/aromatic N) is 3. The first-order chi connectivity index (χ1) is 9.69. The molecule has 1 atom stereocenters. The van der Waals surface area contributed by atoms with Crippen LogP contribution in [-0.4, -0.2) is 27.1 Å². The number of hydrogen-bond donors (Lipinski definition) is 1. The van der Waals surface area contributed by atoms with E-state index in [1.165, 1.54) is 5.01 Å². The summed E-state index contributed by atoms with van der Waals surface area (Å²) in [5.74, 6) is 1.16. The first kappa shape index (κ1) is 15.2. The fourth-order valence-electron chi connectivity index (χ4n) is 2.27. The minimum atomic E-state index is 0.484. The second-order valence-corrected chi connectivity index (χ2v) is 6.17. The zero-order valence-corrected chi connectivity index (χ0v) is 13.4. The quantitative estimate of drug-likeness (QED) is 0.813. The number of imidazole rings is 1. The van der Waals surface area contributed by atoms with E-state index in [9.17, 15) is 0 Å². The van der Waals surface area contributed by atoms with Crippen LogP contribution in [-0.2, 0) is 19.9 Å². The van der Waals surface area contributed by atoms with E-state index in [2.05, 4.69) is 46.1 Å². The van der Waals surface area contributed by atoms with Crippen LogP contribution in [0.3, 0.4) is 0 Å². The molecule has 0 fully saturated rings. The van der Waals surface area contributed by atoms with Crippen molar-refractivity contribution in [3.8, 4) is 0 Å². The van der Waals surface area contributed by atoms with Crippen molar-refractivity contribution in [2.75, 3.05) is 6.54 Å². The van der Waals surface area contributed by atoms with Crippen molar-refractivity contribution in [3.05, 3.63) is 34.3 Å². The van der Waals surface area contributed by atoms with Gasteiger partial charge in [0.15, 0.2) is 0 Å². The molecular formula is C15H24N4S. The molecule has 0 aliphatic rings. The number of nitrogens with one attached hydrogen (secondary N) is 1. The minimum absolute atomic E-state index is 0.484. The number of thiazole rings is 1. The van der Waals surface area contributed by atoms with Crippen LogP contribution in [0.5, 0.6) is 0 Å². The highest BCUT2D eigenvalue weighted by atomic mass is 32.1. The van der Waals surface area contributed by atoms with E-state index in [1.54, 1.807) is 11.3 Å². The molecule has 1 unspecified atom stereocenters. The lowest BCUT2D eigenvalue weighted by molar-refractivity contribution is 0.470. The molecule has 0 radical (unpaired) electrons. The van der Waals surface area contributed by atoms with Gasteiger partial charge in [-0.3, -0.25) is 0 Å². The van der Waals surface area contributed by atoms with Crippen molar-refractivity contribution in [2.45, 2.75) is 45.6 Å². The van der Waals surface area contributed by atoms with Gasteiger partial charge in [-0.05, 0) is 26.3 Å². The van der Waals surface area contributed by atoms with Gasteiger partial charge in [-0.15, -0.1) is 11.3 Å². The summed E-state index contributed by atoms with van der Waals surface area (Å²) < 4.78 is 2.10. The molecule has 0 aliphatic heterocycles. The molecule has 2 aromatic rings. The molecule has 0 amide bonds. The molecule has 4 nitrogen and oxygen atoms in total. The lowest BCUT2D eigenvalue weighted by Crippen LogP contribution is -2.32. The number of rotatable bonds is 8. The van der Waals surface area contributed by atoms with Crippen LogP contribution >= 0.6 is 11.3 Å². The van der Waals surface area contributed by atoms with Gasteiger partial charge in [0.1, 0.15) is 5.82 Å². The number of hydrogen-bond acceptors (Lipinski definition) is 4. The molecule has 0 aromatic carbocycles. The zero-order chi connectivity index (χ0) is 14.4. The van der Waals surface area contributed by atoms with Gasteiger partial charge in [0.25, 0.3) is 0 Å². The molecular weight excluding hydrogens is 268 g/mol. The SMILES string of the molecule is CCCNC(CCc1nccn1C)Cc1nc(C)cs1. The van der Waals surface area contributed by atoms with Crippen molar-refractivity contribution in [1.82, 2.24) is 19.9 Å². The molecule has 0 spiro atoms. The normalized spacial score (nSPS) is 12.8. The topological polar surface area (TPSA) is 42.7 Å². The third-order valence-electron chi connectivity index (χ3n) is 3.41. The Hall–Kier alpha value is -1.20. The largest absolute Gasteiger partial charge is 0.338 e. The average Bonchev–Trinajstić information content (AvgIpc) is 3.02. The van der Waals surface area contributed by atoms with E-state index in [1.807, 2.05) is 12.4 Å². The van der Waals surface area contributed by atoms with E-state index in [-0.39, 0.29) is 0 Å². The highest BCUT2D eigenvalue weighted by Gasteiger charge is 2.12. The predicted molar refractivity (Wildman–Crippen MR) is 84.2 cm³/mol. The van der Waals surface area contributed by atoms with Gasteiger partial charge >= 0.3 is 0 Å². The zero-order valence-electron chi connectivity index (χ0n) is 12.6. The summed E-state index contributed by atoms with van der Waals surface area (Å²) >= 11 is 1.77. The van der Waals surface area contributed by atoms with Gasteiger partial charge in [-0.1, -0.05) is 6.92 Å². The van der Waals surface area contributed by atoms with Crippen LogP contribution in [0.25, 0.3) is 0 Å². The van der Waals surface area contributed by atoms with Crippen LogP contribution in [0.1, 0.15) is 36.3 Å². The van der Waals surface area contributed by atoms with Crippen molar-refractivity contribution < 1.29 is 0 Å². The van der Waals surface area contributed by atoms with Gasteiger partial charge in [-0.25, -0.2) is 9.97 Å². The summed E-state index contributed by atoms with van der Waals surface area (Å²) in [6.07, 6.45) is 8.17. The molecule has 2 aromatic heterocycles. The summed E-state index contributed by atoms with van der Waals surface area (Å²) in [7, 11) is 2.06. The highest BCUT2D eigenvalue weighted by molar-refractivity contribution is 7.09. The molecule has 0 aliphatic carbocycles. The van der Waals surface area contributed by atoms with E-state index in [4.69, 9.17) is 0 Å². The van der Waals surface area contributed by atoms with Crippen LogP contribution in [0, 0.1) is 6.92 Å². The van der Waals surface area contributed by atoms with E-state index in [0.29, 0.717) is 6.04 Å². The van der Waals surface area contributed by atoms with E-state index in [0.717, 1.165) is 43.7 Å². The Balaban J connectivity index is 1.91. The smallest absolute Gasteiger partial charge is 0.108 e. The fraction of sp³-hybridized carbons (Fsp3) is 0.600. The molecule has 0 bridgehead atoms. The summed E-state index contributed by atoms with van der Waals surface area (Å²) in [5, 5.41) is 7.00. The Morgan fingerprint density at radius 3 is 2.90 bits per heavy atom. The van der Waals surface area contributed by atoms with Crippen molar-refractivity contribution in [1.29, 1.82) is 0 Å². The Morgan fingerprint density at radius 2 is 2.30 bits per heavy atom. The number of aromatic nitrogens is 3. The molecule has 5 heteroatoms. The first-order valence-corrected chi connectivity index (χ1v) is 8.17. The lowest BCUT2D eigenvalue weighted by Gasteiger charge is -2.17. The van der Waals surface area contributed by atoms with Crippen molar-refractivity contribution in [3.63, 3.8) is 0 Å². The molecule has 2 heterocycles. The standard InChI is InChI=1S/C15H24N4S/c1-4-7-16-13(10-15-18-12(2)11-20-15)5-6-14-17-8-9-19(14)3/h8-9,11,13,16H,4-7,10H2,1-3H3. The second kappa shape index (κ2) is 7.55. The Morgan fingerprint density at radius 1 is 1.45 bits per heavy atom. The first-order valence-electron chi connectivity index (χ1n) is 7.29. The van der Waals surface area contributed by atoms with Gasteiger partial charge in [0, 0.05) is 49.4 Å². The highest BCUT2D eigenvalue weighted by Crippen LogP contribution is 2.14. The summed E-state index contributed by atoms with van der Waals surface area (Å²) in [6.45, 7) is 5.33. The van der Waals surface area contributed by atoms with Crippen LogP contribution in [0.4, 0.5) is 0 Å². The molecule has 0 saturated carbocycles. The van der Waals surface area contributed by atoms with Gasteiger partial charge in [-0.2, -0.15) is 0 Å². The summed E-state index contributed by atoms with van der Waals surface area (Å²) in [4.78, 5) is 8.98. The fourth-order valence-corrected chi connectivity index (χ4v) is 3.13. The summed E-state index contributed by atoms with van der Waals surface area (Å²) in [5.41, 5.74) is 1.13. The predicted octanol–water partition coefficient (Wildman–Crippen LogP) is 2.73. The Bertz CT molecular complexity index is 517. The molecule has 2 rings (SSSR count). The minimum Gasteiger partial charge on any atom is -0.338 e. The molecule has 0 saturated heterocycles. The van der Waals surface area contributed by atoms with Crippen molar-refractivity contribution in [2.24, 2.45) is 7.05 Å². The van der Waals surface area contributed by atoms with Gasteiger partial charge in [0.05, 0.1) is 5.01 Å². The third-order valence-corrected chi connectivity index (χ3v) is 4.40. The van der Waals surface area contributed by atoms with E-state index >= 15 is 0 Å². The molecule has 110 valence electrons. The van der Waals surface area contributed by atoms with E-state index < -0.39 is 0 Å². The maximum Gasteiger partial charge on any atom is 0.108 e. The van der Waals surface area contributed by atoms with Gasteiger partial charge in [0.2, 0.25) is 0 Å². The monoisotopic (exact) mass is 292 g/mol. The average molecular weight is 292 g/mol. The Kier molecular flexibility index (Phi) is 5.73. The van der Waals surface area contributed by atoms with Crippen LogP contribution in [0.2, 0.25) is 0 Å². The van der Waals surface area contributed by atoms with Gasteiger partial charge < -0.3 is 9.88 Å². The second-order valence-electron chi connectivity index (χ2n) is 5.23. The van der Waals surface area contributed by atoms with Crippen molar-refractivity contribution >= 4 is 11.3 Å². The Labute approximate surface area is 125 Å².